The average Bonchev–Trinajstić information content (AvgIpc) is 2.00. The Kier molecular flexibility index (Phi) is 3.32. The predicted molar refractivity (Wildman–Crippen MR) is 48.6 cm³/mol. The van der Waals surface area contributed by atoms with Crippen LogP contribution in [0.4, 0.5) is 8.78 Å². The number of alkyl halides is 2. The third-order valence-corrected chi connectivity index (χ3v) is 4.31. The molecule has 0 radical (unpaired) electrons. The van der Waals surface area contributed by atoms with Gasteiger partial charge in [0, 0.05) is 6.42 Å². The van der Waals surface area contributed by atoms with Gasteiger partial charge in [0.25, 0.3) is 0 Å². The molecule has 0 saturated carbocycles. The lowest BCUT2D eigenvalue weighted by Crippen LogP contribution is -2.35. The highest BCUT2D eigenvalue weighted by Crippen LogP contribution is 2.30. The van der Waals surface area contributed by atoms with Gasteiger partial charge in [-0.15, -0.1) is 0 Å². The standard InChI is InChI=1S/C8H12F2O4S/c9-8(10,7(11)12)4-6-2-1-3-15(13,14)5-6/h6H,1-5H2,(H,11,12). The van der Waals surface area contributed by atoms with Crippen LogP contribution in [0.3, 0.4) is 0 Å². The van der Waals surface area contributed by atoms with E-state index in [1.165, 1.54) is 0 Å². The van der Waals surface area contributed by atoms with Gasteiger partial charge in [0.15, 0.2) is 9.84 Å². The van der Waals surface area contributed by atoms with E-state index in [9.17, 15) is 22.0 Å². The van der Waals surface area contributed by atoms with Crippen LogP contribution in [-0.2, 0) is 14.6 Å². The normalized spacial score (nSPS) is 26.1. The fourth-order valence-electron chi connectivity index (χ4n) is 1.73. The molecule has 1 unspecified atom stereocenters. The van der Waals surface area contributed by atoms with Gasteiger partial charge in [-0.1, -0.05) is 0 Å². The Balaban J connectivity index is 2.63. The minimum Gasteiger partial charge on any atom is -0.477 e. The lowest BCUT2D eigenvalue weighted by atomic mass is 9.97. The van der Waals surface area contributed by atoms with E-state index in [-0.39, 0.29) is 11.5 Å². The summed E-state index contributed by atoms with van der Waals surface area (Å²) < 4.78 is 47.8. The highest BCUT2D eigenvalue weighted by molar-refractivity contribution is 7.91. The van der Waals surface area contributed by atoms with Crippen LogP contribution in [0.15, 0.2) is 0 Å². The molecule has 0 aliphatic carbocycles. The summed E-state index contributed by atoms with van der Waals surface area (Å²) in [6.07, 6.45) is -0.202. The molecule has 88 valence electrons. The third kappa shape index (κ3) is 3.40. The van der Waals surface area contributed by atoms with Crippen LogP contribution < -0.4 is 0 Å². The first-order chi connectivity index (χ1) is 6.73. The van der Waals surface area contributed by atoms with Gasteiger partial charge in [0.1, 0.15) is 0 Å². The zero-order chi connectivity index (χ0) is 11.7. The Morgan fingerprint density at radius 3 is 2.53 bits per heavy atom. The van der Waals surface area contributed by atoms with Crippen molar-refractivity contribution < 1.29 is 27.1 Å². The van der Waals surface area contributed by atoms with Crippen molar-refractivity contribution in [1.82, 2.24) is 0 Å². The van der Waals surface area contributed by atoms with E-state index in [4.69, 9.17) is 5.11 Å². The summed E-state index contributed by atoms with van der Waals surface area (Å²) >= 11 is 0. The average molecular weight is 242 g/mol. The van der Waals surface area contributed by atoms with Crippen molar-refractivity contribution in [1.29, 1.82) is 0 Å². The molecule has 1 atom stereocenters. The van der Waals surface area contributed by atoms with E-state index in [2.05, 4.69) is 0 Å². The molecule has 1 N–H and O–H groups in total. The molecule has 0 bridgehead atoms. The van der Waals surface area contributed by atoms with Gasteiger partial charge in [-0.3, -0.25) is 0 Å². The lowest BCUT2D eigenvalue weighted by molar-refractivity contribution is -0.167. The maximum absolute atomic E-state index is 12.8. The topological polar surface area (TPSA) is 71.4 Å². The van der Waals surface area contributed by atoms with E-state index < -0.39 is 34.1 Å². The zero-order valence-electron chi connectivity index (χ0n) is 7.95. The van der Waals surface area contributed by atoms with Crippen molar-refractivity contribution in [2.45, 2.75) is 25.2 Å². The van der Waals surface area contributed by atoms with Gasteiger partial charge in [-0.05, 0) is 18.8 Å². The first-order valence-electron chi connectivity index (χ1n) is 4.54. The summed E-state index contributed by atoms with van der Waals surface area (Å²) in [7, 11) is -3.26. The highest BCUT2D eigenvalue weighted by atomic mass is 32.2. The van der Waals surface area contributed by atoms with E-state index in [1.807, 2.05) is 0 Å². The van der Waals surface area contributed by atoms with Crippen molar-refractivity contribution >= 4 is 15.8 Å². The molecule has 0 aromatic heterocycles. The number of aliphatic carboxylic acids is 1. The fourth-order valence-corrected chi connectivity index (χ4v) is 3.50. The van der Waals surface area contributed by atoms with Crippen LogP contribution in [0.1, 0.15) is 19.3 Å². The quantitative estimate of drug-likeness (QED) is 0.798. The van der Waals surface area contributed by atoms with E-state index >= 15 is 0 Å². The van der Waals surface area contributed by atoms with Crippen LogP contribution in [0.2, 0.25) is 0 Å². The summed E-state index contributed by atoms with van der Waals surface area (Å²) in [5.41, 5.74) is 0. The summed E-state index contributed by atoms with van der Waals surface area (Å²) in [5.74, 6) is -7.06. The molecule has 1 fully saturated rings. The van der Waals surface area contributed by atoms with Crippen molar-refractivity contribution in [2.75, 3.05) is 11.5 Å². The Labute approximate surface area is 86.2 Å². The first-order valence-corrected chi connectivity index (χ1v) is 6.37. The summed E-state index contributed by atoms with van der Waals surface area (Å²) in [4.78, 5) is 10.2. The van der Waals surface area contributed by atoms with Gasteiger partial charge >= 0.3 is 11.9 Å². The lowest BCUT2D eigenvalue weighted by Gasteiger charge is -2.24. The molecule has 0 spiro atoms. The van der Waals surface area contributed by atoms with E-state index in [1.54, 1.807) is 0 Å². The molecule has 0 aromatic rings. The number of rotatable bonds is 3. The number of hydrogen-bond acceptors (Lipinski definition) is 3. The predicted octanol–water partition coefficient (Wildman–Crippen LogP) is 0.921. The molecule has 1 rings (SSSR count). The second kappa shape index (κ2) is 4.03. The summed E-state index contributed by atoms with van der Waals surface area (Å²) in [5, 5.41) is 8.20. The van der Waals surface area contributed by atoms with Crippen molar-refractivity contribution in [3.8, 4) is 0 Å². The summed E-state index contributed by atoms with van der Waals surface area (Å²) in [6.45, 7) is 0. The van der Waals surface area contributed by atoms with Crippen molar-refractivity contribution in [3.05, 3.63) is 0 Å². The molecule has 7 heteroatoms. The van der Waals surface area contributed by atoms with E-state index in [0.717, 1.165) is 0 Å². The molecule has 1 aliphatic heterocycles. The molecule has 15 heavy (non-hydrogen) atoms. The number of carbonyl (C=O) groups is 1. The number of hydrogen-bond donors (Lipinski definition) is 1. The maximum atomic E-state index is 12.8. The Morgan fingerprint density at radius 1 is 1.47 bits per heavy atom. The van der Waals surface area contributed by atoms with Gasteiger partial charge in [-0.25, -0.2) is 13.2 Å². The number of halogens is 2. The minimum atomic E-state index is -3.82. The Bertz CT molecular complexity index is 350. The summed E-state index contributed by atoms with van der Waals surface area (Å²) in [6, 6.07) is 0. The third-order valence-electron chi connectivity index (χ3n) is 2.42. The Hall–Kier alpha value is -0.720. The van der Waals surface area contributed by atoms with Gasteiger partial charge < -0.3 is 5.11 Å². The van der Waals surface area contributed by atoms with Gasteiger partial charge in [-0.2, -0.15) is 8.78 Å². The second-order valence-electron chi connectivity index (χ2n) is 3.84. The molecule has 0 amide bonds. The minimum absolute atomic E-state index is 0.0160. The van der Waals surface area contributed by atoms with Gasteiger partial charge in [0.2, 0.25) is 0 Å². The van der Waals surface area contributed by atoms with Crippen LogP contribution in [-0.4, -0.2) is 36.9 Å². The molecular weight excluding hydrogens is 230 g/mol. The number of carboxylic acid groups (broad SMARTS) is 1. The van der Waals surface area contributed by atoms with Crippen LogP contribution in [0.5, 0.6) is 0 Å². The molecule has 1 aliphatic rings. The van der Waals surface area contributed by atoms with Crippen LogP contribution in [0.25, 0.3) is 0 Å². The molecular formula is C8H12F2O4S. The maximum Gasteiger partial charge on any atom is 0.374 e. The highest BCUT2D eigenvalue weighted by Gasteiger charge is 2.42. The SMILES string of the molecule is O=C(O)C(F)(F)CC1CCCS(=O)(=O)C1. The fraction of sp³-hybridized carbons (Fsp3) is 0.875. The van der Waals surface area contributed by atoms with Crippen molar-refractivity contribution in [3.63, 3.8) is 0 Å². The largest absolute Gasteiger partial charge is 0.477 e. The number of carboxylic acids is 1. The van der Waals surface area contributed by atoms with E-state index in [0.29, 0.717) is 12.8 Å². The molecule has 4 nitrogen and oxygen atoms in total. The first kappa shape index (κ1) is 12.4. The monoisotopic (exact) mass is 242 g/mol. The number of sulfone groups is 1. The second-order valence-corrected chi connectivity index (χ2v) is 6.07. The van der Waals surface area contributed by atoms with Gasteiger partial charge in [0.05, 0.1) is 11.5 Å². The van der Waals surface area contributed by atoms with Crippen LogP contribution >= 0.6 is 0 Å². The smallest absolute Gasteiger partial charge is 0.374 e. The van der Waals surface area contributed by atoms with Crippen LogP contribution in [0, 0.1) is 5.92 Å². The molecule has 1 saturated heterocycles. The molecule has 1 heterocycles. The zero-order valence-corrected chi connectivity index (χ0v) is 8.77. The Morgan fingerprint density at radius 2 is 2.07 bits per heavy atom. The molecule has 0 aromatic carbocycles. The van der Waals surface area contributed by atoms with Crippen molar-refractivity contribution in [2.24, 2.45) is 5.92 Å².